The monoisotopic (exact) mass is 301 g/mol. The summed E-state index contributed by atoms with van der Waals surface area (Å²) in [4.78, 5) is 11.9. The van der Waals surface area contributed by atoms with E-state index in [0.29, 0.717) is 5.56 Å². The molecule has 1 aromatic carbocycles. The van der Waals surface area contributed by atoms with E-state index in [0.717, 1.165) is 25.0 Å². The number of ether oxygens (including phenoxy) is 1. The standard InChI is InChI=1S/C15H18F3NO2/c1-9(21-2)14(20)19-13(10-6-7-10)11-4-3-5-12(8-11)15(16,17)18/h3-5,8-10,13H,6-7H2,1-2H3,(H,19,20)/t9-,13+/m0/s1. The Balaban J connectivity index is 2.21. The quantitative estimate of drug-likeness (QED) is 0.906. The Morgan fingerprint density at radius 3 is 2.57 bits per heavy atom. The molecule has 1 saturated carbocycles. The van der Waals surface area contributed by atoms with Crippen molar-refractivity contribution in [2.24, 2.45) is 5.92 Å². The molecule has 1 aliphatic rings. The number of hydrogen-bond donors (Lipinski definition) is 1. The van der Waals surface area contributed by atoms with Crippen LogP contribution in [0.4, 0.5) is 13.2 Å². The molecule has 1 aliphatic carbocycles. The summed E-state index contributed by atoms with van der Waals surface area (Å²) in [6, 6.07) is 4.75. The van der Waals surface area contributed by atoms with Gasteiger partial charge in [-0.1, -0.05) is 12.1 Å². The van der Waals surface area contributed by atoms with Crippen LogP contribution in [0.1, 0.15) is 36.9 Å². The normalized spacial score (nSPS) is 18.1. The topological polar surface area (TPSA) is 38.3 Å². The summed E-state index contributed by atoms with van der Waals surface area (Å²) >= 11 is 0. The Labute approximate surface area is 121 Å². The van der Waals surface area contributed by atoms with Gasteiger partial charge in [-0.15, -0.1) is 0 Å². The maximum atomic E-state index is 12.8. The summed E-state index contributed by atoms with van der Waals surface area (Å²) in [5.41, 5.74) is -0.205. The summed E-state index contributed by atoms with van der Waals surface area (Å²) in [7, 11) is 1.42. The van der Waals surface area contributed by atoms with E-state index >= 15 is 0 Å². The lowest BCUT2D eigenvalue weighted by Gasteiger charge is -2.21. The fraction of sp³-hybridized carbons (Fsp3) is 0.533. The van der Waals surface area contributed by atoms with Gasteiger partial charge in [0, 0.05) is 7.11 Å². The average molecular weight is 301 g/mol. The van der Waals surface area contributed by atoms with Crippen LogP contribution in [0, 0.1) is 5.92 Å². The summed E-state index contributed by atoms with van der Waals surface area (Å²) in [6.07, 6.45) is -3.20. The van der Waals surface area contributed by atoms with Gasteiger partial charge in [-0.25, -0.2) is 0 Å². The average Bonchev–Trinajstić information content (AvgIpc) is 3.27. The van der Waals surface area contributed by atoms with Crippen LogP contribution >= 0.6 is 0 Å². The van der Waals surface area contributed by atoms with E-state index in [1.165, 1.54) is 13.2 Å². The number of methoxy groups -OCH3 is 1. The van der Waals surface area contributed by atoms with Gasteiger partial charge in [-0.2, -0.15) is 13.2 Å². The molecule has 2 atom stereocenters. The lowest BCUT2D eigenvalue weighted by atomic mass is 9.99. The van der Waals surface area contributed by atoms with Crippen LogP contribution in [0.3, 0.4) is 0 Å². The van der Waals surface area contributed by atoms with Gasteiger partial charge in [0.1, 0.15) is 6.10 Å². The zero-order chi connectivity index (χ0) is 15.6. The lowest BCUT2D eigenvalue weighted by molar-refractivity contribution is -0.137. The number of amides is 1. The predicted molar refractivity (Wildman–Crippen MR) is 71.5 cm³/mol. The van der Waals surface area contributed by atoms with E-state index in [1.807, 2.05) is 0 Å². The highest BCUT2D eigenvalue weighted by Gasteiger charge is 2.36. The fourth-order valence-electron chi connectivity index (χ4n) is 2.19. The predicted octanol–water partition coefficient (Wildman–Crippen LogP) is 3.31. The number of carbonyl (C=O) groups excluding carboxylic acids is 1. The van der Waals surface area contributed by atoms with Crippen molar-refractivity contribution in [3.63, 3.8) is 0 Å². The molecule has 21 heavy (non-hydrogen) atoms. The van der Waals surface area contributed by atoms with Gasteiger partial charge in [0.2, 0.25) is 5.91 Å². The SMILES string of the molecule is CO[C@@H](C)C(=O)N[C@@H](c1cccc(C(F)(F)F)c1)C1CC1. The Hall–Kier alpha value is -1.56. The zero-order valence-corrected chi connectivity index (χ0v) is 11.9. The molecule has 0 unspecified atom stereocenters. The van der Waals surface area contributed by atoms with Gasteiger partial charge in [0.05, 0.1) is 11.6 Å². The number of hydrogen-bond acceptors (Lipinski definition) is 2. The van der Waals surface area contributed by atoms with Crippen LogP contribution < -0.4 is 5.32 Å². The molecule has 0 radical (unpaired) electrons. The number of alkyl halides is 3. The van der Waals surface area contributed by atoms with Gasteiger partial charge in [0.25, 0.3) is 0 Å². The number of rotatable bonds is 5. The van der Waals surface area contributed by atoms with Gasteiger partial charge < -0.3 is 10.1 Å². The van der Waals surface area contributed by atoms with E-state index in [2.05, 4.69) is 5.32 Å². The number of carbonyl (C=O) groups is 1. The molecular formula is C15H18F3NO2. The molecule has 0 saturated heterocycles. The molecule has 0 aliphatic heterocycles. The van der Waals surface area contributed by atoms with Gasteiger partial charge in [0.15, 0.2) is 0 Å². The second-order valence-electron chi connectivity index (χ2n) is 5.32. The van der Waals surface area contributed by atoms with Gasteiger partial charge >= 0.3 is 6.18 Å². The van der Waals surface area contributed by atoms with Crippen molar-refractivity contribution in [2.45, 2.75) is 38.1 Å². The van der Waals surface area contributed by atoms with Crippen molar-refractivity contribution in [3.05, 3.63) is 35.4 Å². The fourth-order valence-corrected chi connectivity index (χ4v) is 2.19. The van der Waals surface area contributed by atoms with E-state index in [9.17, 15) is 18.0 Å². The third-order valence-corrected chi connectivity index (χ3v) is 3.69. The highest BCUT2D eigenvalue weighted by atomic mass is 19.4. The van der Waals surface area contributed by atoms with Crippen molar-refractivity contribution < 1.29 is 22.7 Å². The second kappa shape index (κ2) is 6.05. The highest BCUT2D eigenvalue weighted by molar-refractivity contribution is 5.80. The molecule has 1 amide bonds. The molecule has 6 heteroatoms. The molecule has 1 aromatic rings. The Morgan fingerprint density at radius 2 is 2.05 bits per heavy atom. The highest BCUT2D eigenvalue weighted by Crippen LogP contribution is 2.42. The summed E-state index contributed by atoms with van der Waals surface area (Å²) in [5, 5.41) is 2.79. The molecule has 2 rings (SSSR count). The van der Waals surface area contributed by atoms with E-state index in [1.54, 1.807) is 13.0 Å². The molecule has 1 fully saturated rings. The molecular weight excluding hydrogens is 283 g/mol. The van der Waals surface area contributed by atoms with Crippen LogP contribution in [0.15, 0.2) is 24.3 Å². The first kappa shape index (κ1) is 15.8. The third kappa shape index (κ3) is 3.97. The van der Waals surface area contributed by atoms with E-state index in [-0.39, 0.29) is 11.8 Å². The third-order valence-electron chi connectivity index (χ3n) is 3.69. The van der Waals surface area contributed by atoms with E-state index < -0.39 is 23.9 Å². The first-order valence-electron chi connectivity index (χ1n) is 6.83. The first-order chi connectivity index (χ1) is 9.82. The molecule has 0 heterocycles. The summed E-state index contributed by atoms with van der Waals surface area (Å²) in [5.74, 6) is -0.117. The first-order valence-corrected chi connectivity index (χ1v) is 6.83. The number of halogens is 3. The zero-order valence-electron chi connectivity index (χ0n) is 11.9. The Kier molecular flexibility index (Phi) is 4.56. The molecule has 3 nitrogen and oxygen atoms in total. The van der Waals surface area contributed by atoms with Crippen LogP contribution in [0.5, 0.6) is 0 Å². The maximum Gasteiger partial charge on any atom is 0.416 e. The lowest BCUT2D eigenvalue weighted by Crippen LogP contribution is -2.37. The van der Waals surface area contributed by atoms with Crippen molar-refractivity contribution >= 4 is 5.91 Å². The minimum Gasteiger partial charge on any atom is -0.372 e. The van der Waals surface area contributed by atoms with Gasteiger partial charge in [-0.3, -0.25) is 4.79 Å². The Bertz CT molecular complexity index is 512. The largest absolute Gasteiger partial charge is 0.416 e. The molecule has 0 aromatic heterocycles. The Morgan fingerprint density at radius 1 is 1.38 bits per heavy atom. The smallest absolute Gasteiger partial charge is 0.372 e. The van der Waals surface area contributed by atoms with E-state index in [4.69, 9.17) is 4.74 Å². The summed E-state index contributed by atoms with van der Waals surface area (Å²) in [6.45, 7) is 1.60. The maximum absolute atomic E-state index is 12.8. The van der Waals surface area contributed by atoms with Gasteiger partial charge in [-0.05, 0) is 43.4 Å². The number of benzene rings is 1. The van der Waals surface area contributed by atoms with Crippen LogP contribution in [0.25, 0.3) is 0 Å². The summed E-state index contributed by atoms with van der Waals surface area (Å²) < 4.78 is 43.3. The molecule has 1 N–H and O–H groups in total. The molecule has 0 bridgehead atoms. The molecule has 0 spiro atoms. The van der Waals surface area contributed by atoms with Crippen molar-refractivity contribution in [3.8, 4) is 0 Å². The van der Waals surface area contributed by atoms with Crippen molar-refractivity contribution in [2.75, 3.05) is 7.11 Å². The van der Waals surface area contributed by atoms with Crippen LogP contribution in [-0.2, 0) is 15.7 Å². The number of nitrogens with one attached hydrogen (secondary N) is 1. The van der Waals surface area contributed by atoms with Crippen molar-refractivity contribution in [1.29, 1.82) is 0 Å². The van der Waals surface area contributed by atoms with Crippen molar-refractivity contribution in [1.82, 2.24) is 5.32 Å². The van der Waals surface area contributed by atoms with Crippen LogP contribution in [-0.4, -0.2) is 19.1 Å². The molecule has 116 valence electrons. The van der Waals surface area contributed by atoms with Crippen LogP contribution in [0.2, 0.25) is 0 Å². The minimum absolute atomic E-state index is 0.196. The minimum atomic E-state index is -4.38. The second-order valence-corrected chi connectivity index (χ2v) is 5.32.